The van der Waals surface area contributed by atoms with Gasteiger partial charge in [0, 0.05) is 14.5 Å². The largest absolute Gasteiger partial charge is 0.368 e. The van der Waals surface area contributed by atoms with E-state index in [0.717, 1.165) is 9.26 Å². The van der Waals surface area contributed by atoms with Crippen LogP contribution in [-0.4, -0.2) is 15.9 Å². The molecule has 0 bridgehead atoms. The molecule has 2 aromatic rings. The van der Waals surface area contributed by atoms with E-state index < -0.39 is 0 Å². The number of nitrogens with two attached hydrogens (primary N) is 1. The highest BCUT2D eigenvalue weighted by Gasteiger charge is 2.07. The number of benzene rings is 1. The van der Waals surface area contributed by atoms with E-state index in [1.165, 1.54) is 10.7 Å². The molecule has 4 nitrogen and oxygen atoms in total. The standard InChI is InChI=1S/C12H11BrFIN4/c1-7-6-19(12(16)18-7)17-5-8-2-10(14)9(4-13)11(15)3-8/h2-3,5-6H,4H2,1H3,(H2,16,18). The summed E-state index contributed by atoms with van der Waals surface area (Å²) in [6, 6.07) is 3.31. The van der Waals surface area contributed by atoms with E-state index >= 15 is 0 Å². The minimum atomic E-state index is -0.250. The van der Waals surface area contributed by atoms with E-state index in [9.17, 15) is 4.39 Å². The molecule has 19 heavy (non-hydrogen) atoms. The second-order valence-electron chi connectivity index (χ2n) is 3.93. The number of aryl methyl sites for hydroxylation is 1. The van der Waals surface area contributed by atoms with Crippen molar-refractivity contribution in [2.45, 2.75) is 12.3 Å². The molecule has 0 radical (unpaired) electrons. The van der Waals surface area contributed by atoms with Crippen LogP contribution < -0.4 is 5.73 Å². The molecule has 1 aromatic carbocycles. The van der Waals surface area contributed by atoms with E-state index in [1.54, 1.807) is 12.4 Å². The Morgan fingerprint density at radius 1 is 1.58 bits per heavy atom. The third kappa shape index (κ3) is 3.33. The Morgan fingerprint density at radius 2 is 2.32 bits per heavy atom. The first-order chi connectivity index (χ1) is 9.01. The predicted molar refractivity (Wildman–Crippen MR) is 86.1 cm³/mol. The van der Waals surface area contributed by atoms with E-state index in [-0.39, 0.29) is 5.82 Å². The number of hydrogen-bond donors (Lipinski definition) is 1. The van der Waals surface area contributed by atoms with Crippen molar-refractivity contribution in [2.75, 3.05) is 5.73 Å². The highest BCUT2D eigenvalue weighted by atomic mass is 127. The fourth-order valence-corrected chi connectivity index (χ4v) is 3.45. The van der Waals surface area contributed by atoms with Crippen LogP contribution in [0.3, 0.4) is 0 Å². The number of nitrogen functional groups attached to an aromatic ring is 1. The number of anilines is 1. The zero-order valence-corrected chi connectivity index (χ0v) is 13.8. The Kier molecular flexibility index (Phi) is 4.56. The van der Waals surface area contributed by atoms with Gasteiger partial charge >= 0.3 is 0 Å². The third-order valence-corrected chi connectivity index (χ3v) is 3.99. The minimum absolute atomic E-state index is 0.250. The number of halogens is 3. The van der Waals surface area contributed by atoms with Gasteiger partial charge in [-0.1, -0.05) is 15.9 Å². The van der Waals surface area contributed by atoms with E-state index in [4.69, 9.17) is 5.73 Å². The summed E-state index contributed by atoms with van der Waals surface area (Å²) >= 11 is 5.37. The molecule has 1 aromatic heterocycles. The van der Waals surface area contributed by atoms with Gasteiger partial charge in [-0.2, -0.15) is 5.10 Å². The maximum Gasteiger partial charge on any atom is 0.221 e. The molecule has 0 fully saturated rings. The summed E-state index contributed by atoms with van der Waals surface area (Å²) in [5, 5.41) is 4.65. The van der Waals surface area contributed by atoms with Crippen LogP contribution in [-0.2, 0) is 5.33 Å². The molecule has 0 spiro atoms. The van der Waals surface area contributed by atoms with Crippen molar-refractivity contribution in [1.29, 1.82) is 0 Å². The zero-order chi connectivity index (χ0) is 14.0. The van der Waals surface area contributed by atoms with Crippen molar-refractivity contribution in [3.63, 3.8) is 0 Å². The Hall–Kier alpha value is -0.960. The van der Waals surface area contributed by atoms with Crippen molar-refractivity contribution in [2.24, 2.45) is 5.10 Å². The summed E-state index contributed by atoms with van der Waals surface area (Å²) in [7, 11) is 0. The molecule has 0 aliphatic rings. The van der Waals surface area contributed by atoms with Gasteiger partial charge in [-0.25, -0.2) is 14.1 Å². The predicted octanol–water partition coefficient (Wildman–Crippen LogP) is 3.29. The van der Waals surface area contributed by atoms with Gasteiger partial charge in [0.1, 0.15) is 5.82 Å². The van der Waals surface area contributed by atoms with Gasteiger partial charge < -0.3 is 5.73 Å². The van der Waals surface area contributed by atoms with E-state index in [1.807, 2.05) is 13.0 Å². The highest BCUT2D eigenvalue weighted by Crippen LogP contribution is 2.20. The van der Waals surface area contributed by atoms with Gasteiger partial charge in [-0.15, -0.1) is 0 Å². The van der Waals surface area contributed by atoms with E-state index in [0.29, 0.717) is 22.4 Å². The molecule has 0 aliphatic heterocycles. The van der Waals surface area contributed by atoms with Crippen LogP contribution in [0.4, 0.5) is 10.3 Å². The lowest BCUT2D eigenvalue weighted by Crippen LogP contribution is -1.98. The monoisotopic (exact) mass is 436 g/mol. The number of imidazole rings is 1. The van der Waals surface area contributed by atoms with Crippen LogP contribution in [0.2, 0.25) is 0 Å². The van der Waals surface area contributed by atoms with Crippen molar-refractivity contribution in [3.05, 3.63) is 44.5 Å². The molecule has 100 valence electrons. The molecule has 0 unspecified atom stereocenters. The molecule has 0 amide bonds. The SMILES string of the molecule is Cc1cn(N=Cc2cc(F)c(CBr)c(I)c2)c(N)n1. The van der Waals surface area contributed by atoms with Crippen LogP contribution >= 0.6 is 38.5 Å². The maximum absolute atomic E-state index is 13.8. The first kappa shape index (κ1) is 14.4. The minimum Gasteiger partial charge on any atom is -0.368 e. The molecule has 0 saturated heterocycles. The summed E-state index contributed by atoms with van der Waals surface area (Å²) in [4.78, 5) is 4.03. The molecule has 2 N–H and O–H groups in total. The summed E-state index contributed by atoms with van der Waals surface area (Å²) in [6.07, 6.45) is 3.26. The number of nitrogens with zero attached hydrogens (tertiary/aromatic N) is 3. The molecule has 0 atom stereocenters. The molecular formula is C12H11BrFIN4. The van der Waals surface area contributed by atoms with Gasteiger partial charge in [0.2, 0.25) is 5.95 Å². The van der Waals surface area contributed by atoms with Gasteiger partial charge in [0.15, 0.2) is 0 Å². The van der Waals surface area contributed by atoms with E-state index in [2.05, 4.69) is 48.6 Å². The fraction of sp³-hybridized carbons (Fsp3) is 0.167. The lowest BCUT2D eigenvalue weighted by molar-refractivity contribution is 0.616. The summed E-state index contributed by atoms with van der Waals surface area (Å²) < 4.78 is 16.1. The Labute approximate surface area is 132 Å². The van der Waals surface area contributed by atoms with Crippen LogP contribution in [0, 0.1) is 16.3 Å². The first-order valence-corrected chi connectivity index (χ1v) is 7.61. The van der Waals surface area contributed by atoms with Crippen LogP contribution in [0.1, 0.15) is 16.8 Å². The first-order valence-electron chi connectivity index (χ1n) is 5.41. The molecule has 7 heteroatoms. The molecule has 0 saturated carbocycles. The number of alkyl halides is 1. The van der Waals surface area contributed by atoms with Crippen molar-refractivity contribution in [1.82, 2.24) is 9.66 Å². The topological polar surface area (TPSA) is 56.2 Å². The Bertz CT molecular complexity index is 616. The smallest absolute Gasteiger partial charge is 0.221 e. The normalized spacial score (nSPS) is 11.4. The van der Waals surface area contributed by atoms with Gasteiger partial charge in [-0.05, 0) is 47.2 Å². The molecular weight excluding hydrogens is 426 g/mol. The molecule has 2 rings (SSSR count). The highest BCUT2D eigenvalue weighted by molar-refractivity contribution is 14.1. The van der Waals surface area contributed by atoms with Crippen molar-refractivity contribution >= 4 is 50.7 Å². The van der Waals surface area contributed by atoms with Gasteiger partial charge in [0.25, 0.3) is 0 Å². The van der Waals surface area contributed by atoms with Gasteiger partial charge in [0.05, 0.1) is 18.1 Å². The maximum atomic E-state index is 13.8. The van der Waals surface area contributed by atoms with Crippen molar-refractivity contribution in [3.8, 4) is 0 Å². The molecule has 0 aliphatic carbocycles. The quantitative estimate of drug-likeness (QED) is 0.456. The summed E-state index contributed by atoms with van der Waals surface area (Å²) in [6.45, 7) is 1.83. The average molecular weight is 437 g/mol. The summed E-state index contributed by atoms with van der Waals surface area (Å²) in [5.74, 6) is 0.0565. The second kappa shape index (κ2) is 6.00. The number of hydrogen-bond acceptors (Lipinski definition) is 3. The van der Waals surface area contributed by atoms with Crippen LogP contribution in [0.25, 0.3) is 0 Å². The second-order valence-corrected chi connectivity index (χ2v) is 5.65. The fourth-order valence-electron chi connectivity index (χ4n) is 1.55. The Balaban J connectivity index is 2.31. The molecule has 1 heterocycles. The summed E-state index contributed by atoms with van der Waals surface area (Å²) in [5.41, 5.74) is 7.78. The Morgan fingerprint density at radius 3 is 2.84 bits per heavy atom. The van der Waals surface area contributed by atoms with Crippen LogP contribution in [0.15, 0.2) is 23.4 Å². The lowest BCUT2D eigenvalue weighted by atomic mass is 10.1. The zero-order valence-electron chi connectivity index (χ0n) is 10.1. The lowest BCUT2D eigenvalue weighted by Gasteiger charge is -2.04. The average Bonchev–Trinajstić information content (AvgIpc) is 2.65. The van der Waals surface area contributed by atoms with Gasteiger partial charge in [-0.3, -0.25) is 0 Å². The number of rotatable bonds is 3. The third-order valence-electron chi connectivity index (χ3n) is 2.46. The number of aromatic nitrogens is 2. The van der Waals surface area contributed by atoms with Crippen LogP contribution in [0.5, 0.6) is 0 Å². The van der Waals surface area contributed by atoms with Crippen molar-refractivity contribution < 1.29 is 4.39 Å².